The van der Waals surface area contributed by atoms with E-state index in [2.05, 4.69) is 5.10 Å². The van der Waals surface area contributed by atoms with Crippen molar-refractivity contribution in [1.82, 2.24) is 9.78 Å². The Balaban J connectivity index is 2.06. The summed E-state index contributed by atoms with van der Waals surface area (Å²) < 4.78 is 63.0. The van der Waals surface area contributed by atoms with Gasteiger partial charge in [0.1, 0.15) is 5.69 Å². The summed E-state index contributed by atoms with van der Waals surface area (Å²) in [5.74, 6) is -0.899. The normalized spacial score (nSPS) is 12.2. The summed E-state index contributed by atoms with van der Waals surface area (Å²) in [6, 6.07) is 3.30. The highest BCUT2D eigenvalue weighted by Crippen LogP contribution is 2.27. The molecule has 166 valence electrons. The van der Waals surface area contributed by atoms with Crippen molar-refractivity contribution in [2.75, 3.05) is 23.0 Å². The van der Waals surface area contributed by atoms with Gasteiger partial charge in [-0.05, 0) is 19.4 Å². The van der Waals surface area contributed by atoms with E-state index in [4.69, 9.17) is 23.8 Å². The predicted molar refractivity (Wildman–Crippen MR) is 110 cm³/mol. The zero-order valence-corrected chi connectivity index (χ0v) is 18.4. The Bertz CT molecular complexity index is 996. The molecule has 0 amide bonds. The summed E-state index contributed by atoms with van der Waals surface area (Å²) in [6.07, 6.45) is -1.59. The fourth-order valence-corrected chi connectivity index (χ4v) is 4.68. The highest BCUT2D eigenvalue weighted by Gasteiger charge is 2.27. The minimum absolute atomic E-state index is 0.0268. The van der Waals surface area contributed by atoms with Crippen LogP contribution in [0.4, 0.5) is 18.9 Å². The van der Waals surface area contributed by atoms with Gasteiger partial charge in [-0.15, -0.1) is 0 Å². The van der Waals surface area contributed by atoms with Crippen LogP contribution >= 0.6 is 23.8 Å². The molecule has 2 aromatic rings. The molecule has 0 fully saturated rings. The van der Waals surface area contributed by atoms with Crippen molar-refractivity contribution in [2.24, 2.45) is 0 Å². The smallest absolute Gasteiger partial charge is 0.332 e. The number of thiocarbonyl (C=S) groups is 1. The molecular formula is C17H21ClF3N4O3S2+. The van der Waals surface area contributed by atoms with Crippen molar-refractivity contribution in [3.63, 3.8) is 0 Å². The zero-order valence-electron chi connectivity index (χ0n) is 16.0. The predicted octanol–water partition coefficient (Wildman–Crippen LogP) is 3.35. The van der Waals surface area contributed by atoms with Crippen LogP contribution < -0.4 is 9.63 Å². The minimum atomic E-state index is -4.38. The summed E-state index contributed by atoms with van der Waals surface area (Å²) >= 11 is 11.6. The molecule has 0 saturated carbocycles. The molecule has 0 aliphatic heterocycles. The molecule has 2 rings (SSSR count). The first-order chi connectivity index (χ1) is 13.9. The number of pyridine rings is 1. The molecular weight excluding hydrogens is 465 g/mol. The first-order valence-electron chi connectivity index (χ1n) is 8.95. The van der Waals surface area contributed by atoms with Crippen LogP contribution in [0, 0.1) is 0 Å². The first-order valence-corrected chi connectivity index (χ1v) is 11.6. The van der Waals surface area contributed by atoms with Crippen LogP contribution in [-0.4, -0.2) is 52.6 Å². The molecule has 13 heteroatoms. The van der Waals surface area contributed by atoms with Crippen molar-refractivity contribution in [1.29, 1.82) is 0 Å². The Morgan fingerprint density at radius 2 is 2.10 bits per heavy atom. The second-order valence-corrected chi connectivity index (χ2v) is 9.58. The van der Waals surface area contributed by atoms with Crippen molar-refractivity contribution in [3.8, 4) is 5.69 Å². The number of rotatable bonds is 9. The molecule has 30 heavy (non-hydrogen) atoms. The fraction of sp³-hybridized carbons (Fsp3) is 0.471. The van der Waals surface area contributed by atoms with Crippen LogP contribution in [0.3, 0.4) is 0 Å². The quantitative estimate of drug-likeness (QED) is 0.333. The van der Waals surface area contributed by atoms with Gasteiger partial charge in [0.2, 0.25) is 12.4 Å². The van der Waals surface area contributed by atoms with Gasteiger partial charge in [0.05, 0.1) is 28.4 Å². The van der Waals surface area contributed by atoms with Gasteiger partial charge in [0.15, 0.2) is 15.0 Å². The second kappa shape index (κ2) is 9.92. The maximum Gasteiger partial charge on any atom is 0.389 e. The molecule has 1 N–H and O–H groups in total. The number of anilines is 1. The van der Waals surface area contributed by atoms with Crippen LogP contribution in [0.15, 0.2) is 30.7 Å². The number of nitrogens with zero attached hydrogens (tertiary/aromatic N) is 4. The van der Waals surface area contributed by atoms with E-state index in [1.807, 2.05) is 0 Å². The Morgan fingerprint density at radius 1 is 1.40 bits per heavy atom. The average Bonchev–Trinajstić information content (AvgIpc) is 3.01. The summed E-state index contributed by atoms with van der Waals surface area (Å²) in [4.78, 5) is 1.89. The minimum Gasteiger partial charge on any atom is -0.332 e. The van der Waals surface area contributed by atoms with Crippen molar-refractivity contribution in [3.05, 3.63) is 35.9 Å². The molecule has 7 nitrogen and oxygen atoms in total. The number of sulfone groups is 1. The van der Waals surface area contributed by atoms with Crippen LogP contribution in [0.5, 0.6) is 0 Å². The molecule has 2 heterocycles. The number of aromatic nitrogens is 3. The first kappa shape index (κ1) is 24.4. The van der Waals surface area contributed by atoms with Gasteiger partial charge in [-0.2, -0.15) is 18.3 Å². The van der Waals surface area contributed by atoms with E-state index in [-0.39, 0.29) is 22.3 Å². The number of alkyl halides is 3. The molecule has 0 saturated heterocycles. The fourth-order valence-electron chi connectivity index (χ4n) is 2.70. The molecule has 0 aliphatic carbocycles. The van der Waals surface area contributed by atoms with Gasteiger partial charge in [-0.1, -0.05) is 23.8 Å². The average molecular weight is 486 g/mol. The van der Waals surface area contributed by atoms with E-state index in [0.717, 1.165) is 4.73 Å². The lowest BCUT2D eigenvalue weighted by Gasteiger charge is -2.22. The highest BCUT2D eigenvalue weighted by atomic mass is 35.5. The van der Waals surface area contributed by atoms with Gasteiger partial charge in [0.25, 0.3) is 0 Å². The topological polar surface area (TPSA) is 79.3 Å². The maximum atomic E-state index is 12.2. The molecule has 0 spiro atoms. The number of halogens is 4. The van der Waals surface area contributed by atoms with Gasteiger partial charge in [0, 0.05) is 30.2 Å². The second-order valence-electron chi connectivity index (χ2n) is 6.45. The molecule has 0 atom stereocenters. The van der Waals surface area contributed by atoms with Crippen LogP contribution in [-0.2, 0) is 9.84 Å². The standard InChI is InChI=1S/C17H21ClF3N4O3S2/c1-2-24(15(29)6-10-30(27,28)9-4-7-17(19,20)21)14-12-25(22-16(14)18)13-5-3-8-23(26)11-13/h3,5,8,11-12,26H,2,4,6-7,9-10H2,1H3/q+1. The Hall–Kier alpha value is -1.92. The molecule has 0 aliphatic rings. The van der Waals surface area contributed by atoms with Gasteiger partial charge < -0.3 is 4.90 Å². The van der Waals surface area contributed by atoms with Crippen LogP contribution in [0.2, 0.25) is 5.15 Å². The lowest BCUT2D eigenvalue weighted by molar-refractivity contribution is -0.904. The van der Waals surface area contributed by atoms with Crippen LogP contribution in [0.1, 0.15) is 26.2 Å². The zero-order chi connectivity index (χ0) is 22.5. The Labute approximate surface area is 182 Å². The number of hydrogen-bond acceptors (Lipinski definition) is 5. The van der Waals surface area contributed by atoms with E-state index in [1.165, 1.54) is 17.1 Å². The van der Waals surface area contributed by atoms with Crippen LogP contribution in [0.25, 0.3) is 5.69 Å². The summed E-state index contributed by atoms with van der Waals surface area (Å²) in [5, 5.41) is 13.8. The number of hydrogen-bond donors (Lipinski definition) is 1. The largest absolute Gasteiger partial charge is 0.389 e. The molecule has 0 unspecified atom stereocenters. The van der Waals surface area contributed by atoms with Crippen molar-refractivity contribution < 1.29 is 31.5 Å². The van der Waals surface area contributed by atoms with Gasteiger partial charge in [-0.25, -0.2) is 13.1 Å². The summed E-state index contributed by atoms with van der Waals surface area (Å²) in [5.41, 5.74) is 0.981. The molecule has 2 aromatic heterocycles. The lowest BCUT2D eigenvalue weighted by Crippen LogP contribution is -2.31. The van der Waals surface area contributed by atoms with E-state index in [9.17, 15) is 26.8 Å². The van der Waals surface area contributed by atoms with Gasteiger partial charge in [-0.3, -0.25) is 5.21 Å². The maximum absolute atomic E-state index is 12.2. The monoisotopic (exact) mass is 485 g/mol. The third-order valence-corrected chi connectivity index (χ3v) is 6.57. The molecule has 0 radical (unpaired) electrons. The van der Waals surface area contributed by atoms with E-state index in [1.54, 1.807) is 30.2 Å². The molecule has 0 bridgehead atoms. The Kier molecular flexibility index (Phi) is 8.06. The third-order valence-electron chi connectivity index (χ3n) is 4.14. The molecule has 0 aromatic carbocycles. The van der Waals surface area contributed by atoms with Crippen molar-refractivity contribution in [2.45, 2.75) is 32.4 Å². The van der Waals surface area contributed by atoms with Crippen molar-refractivity contribution >= 4 is 44.3 Å². The summed E-state index contributed by atoms with van der Waals surface area (Å²) in [7, 11) is -3.67. The Morgan fingerprint density at radius 3 is 2.70 bits per heavy atom. The van der Waals surface area contributed by atoms with E-state index >= 15 is 0 Å². The van der Waals surface area contributed by atoms with Gasteiger partial charge >= 0.3 is 6.18 Å². The SMILES string of the molecule is CCN(C(=S)CCS(=O)(=O)CCCC(F)(F)F)c1cn(-c2ccc[n+](O)c2)nc1Cl. The highest BCUT2D eigenvalue weighted by molar-refractivity contribution is 7.91. The third kappa shape index (κ3) is 7.10. The lowest BCUT2D eigenvalue weighted by atomic mass is 10.3. The van der Waals surface area contributed by atoms with E-state index in [0.29, 0.717) is 17.9 Å². The summed E-state index contributed by atoms with van der Waals surface area (Å²) in [6.45, 7) is 2.18. The van der Waals surface area contributed by atoms with E-state index < -0.39 is 34.6 Å².